The molecule has 1 aliphatic heterocycles. The first-order chi connectivity index (χ1) is 10.0. The van der Waals surface area contributed by atoms with Crippen molar-refractivity contribution in [2.75, 3.05) is 6.61 Å². The predicted molar refractivity (Wildman–Crippen MR) is 79.1 cm³/mol. The van der Waals surface area contributed by atoms with E-state index in [0.29, 0.717) is 12.8 Å². The lowest BCUT2D eigenvalue weighted by Crippen LogP contribution is -2.33. The quantitative estimate of drug-likeness (QED) is 0.681. The zero-order valence-corrected chi connectivity index (χ0v) is 12.3. The fourth-order valence-electron chi connectivity index (χ4n) is 2.43. The van der Waals surface area contributed by atoms with Gasteiger partial charge in [-0.25, -0.2) is 0 Å². The van der Waals surface area contributed by atoms with E-state index in [0.717, 1.165) is 11.1 Å². The first kappa shape index (κ1) is 15.3. The van der Waals surface area contributed by atoms with E-state index in [1.165, 1.54) is 4.90 Å². The van der Waals surface area contributed by atoms with Crippen LogP contribution in [-0.2, 0) is 9.59 Å². The highest BCUT2D eigenvalue weighted by Gasteiger charge is 2.38. The van der Waals surface area contributed by atoms with Crippen LogP contribution in [-0.4, -0.2) is 28.4 Å². The number of imide groups is 1. The smallest absolute Gasteiger partial charge is 0.233 e. The highest BCUT2D eigenvalue weighted by atomic mass is 16.2. The minimum Gasteiger partial charge on any atom is -0.395 e. The lowest BCUT2D eigenvalue weighted by molar-refractivity contribution is -0.141. The van der Waals surface area contributed by atoms with Crippen LogP contribution in [0.1, 0.15) is 43.9 Å². The first-order valence-corrected chi connectivity index (χ1v) is 7.10. The summed E-state index contributed by atoms with van der Waals surface area (Å²) in [4.78, 5) is 25.3. The van der Waals surface area contributed by atoms with Crippen molar-refractivity contribution >= 4 is 11.8 Å². The summed E-state index contributed by atoms with van der Waals surface area (Å²) in [7, 11) is 0. The van der Waals surface area contributed by atoms with Crippen molar-refractivity contribution in [2.45, 2.75) is 32.7 Å². The van der Waals surface area contributed by atoms with Gasteiger partial charge in [0.25, 0.3) is 0 Å². The van der Waals surface area contributed by atoms with Gasteiger partial charge in [-0.15, -0.1) is 0 Å². The Bertz CT molecular complexity index is 595. The zero-order valence-electron chi connectivity index (χ0n) is 12.3. The largest absolute Gasteiger partial charge is 0.395 e. The lowest BCUT2D eigenvalue weighted by atomic mass is 10.0. The molecule has 1 aliphatic rings. The van der Waals surface area contributed by atoms with Gasteiger partial charge in [-0.3, -0.25) is 14.5 Å². The van der Waals surface area contributed by atoms with Crippen LogP contribution >= 0.6 is 0 Å². The second-order valence-electron chi connectivity index (χ2n) is 5.28. The van der Waals surface area contributed by atoms with Crippen molar-refractivity contribution in [1.82, 2.24) is 4.90 Å². The maximum atomic E-state index is 12.0. The molecule has 0 saturated carbocycles. The van der Waals surface area contributed by atoms with Crippen molar-refractivity contribution in [2.24, 2.45) is 5.92 Å². The molecule has 0 bridgehead atoms. The van der Waals surface area contributed by atoms with Crippen molar-refractivity contribution in [3.8, 4) is 11.8 Å². The van der Waals surface area contributed by atoms with Crippen molar-refractivity contribution in [1.29, 1.82) is 0 Å². The van der Waals surface area contributed by atoms with Gasteiger partial charge >= 0.3 is 0 Å². The molecule has 2 rings (SSSR count). The Morgan fingerprint density at radius 1 is 1.33 bits per heavy atom. The Balaban J connectivity index is 2.14. The molecule has 1 heterocycles. The van der Waals surface area contributed by atoms with Gasteiger partial charge in [0.2, 0.25) is 11.8 Å². The van der Waals surface area contributed by atoms with Gasteiger partial charge in [-0.05, 0) is 24.6 Å². The molecule has 1 fully saturated rings. The molecule has 1 aromatic carbocycles. The minimum atomic E-state index is -0.255. The molecule has 2 atom stereocenters. The third-order valence-electron chi connectivity index (χ3n) is 3.66. The van der Waals surface area contributed by atoms with Gasteiger partial charge in [-0.1, -0.05) is 30.9 Å². The summed E-state index contributed by atoms with van der Waals surface area (Å²) in [5.74, 6) is 5.38. The summed E-state index contributed by atoms with van der Waals surface area (Å²) in [6.07, 6.45) is 0.751. The van der Waals surface area contributed by atoms with Crippen LogP contribution in [0.15, 0.2) is 24.3 Å². The van der Waals surface area contributed by atoms with E-state index in [9.17, 15) is 9.59 Å². The van der Waals surface area contributed by atoms with E-state index in [1.54, 1.807) is 6.92 Å². The lowest BCUT2D eigenvalue weighted by Gasteiger charge is -2.23. The number of hydrogen-bond donors (Lipinski definition) is 1. The summed E-state index contributed by atoms with van der Waals surface area (Å²) in [6, 6.07) is 7.25. The number of rotatable bonds is 3. The van der Waals surface area contributed by atoms with E-state index >= 15 is 0 Å². The molecule has 2 amide bonds. The van der Waals surface area contributed by atoms with Crippen LogP contribution in [0.5, 0.6) is 0 Å². The van der Waals surface area contributed by atoms with Gasteiger partial charge < -0.3 is 5.11 Å². The van der Waals surface area contributed by atoms with E-state index in [1.807, 2.05) is 31.2 Å². The van der Waals surface area contributed by atoms with Crippen LogP contribution < -0.4 is 0 Å². The molecule has 0 spiro atoms. The number of aliphatic hydroxyl groups is 1. The van der Waals surface area contributed by atoms with E-state index in [-0.39, 0.29) is 30.4 Å². The number of amides is 2. The van der Waals surface area contributed by atoms with Gasteiger partial charge in [0.1, 0.15) is 0 Å². The zero-order chi connectivity index (χ0) is 15.4. The summed E-state index contributed by atoms with van der Waals surface area (Å²) < 4.78 is 0. The number of aliphatic hydroxyl groups excluding tert-OH is 1. The van der Waals surface area contributed by atoms with Gasteiger partial charge in [0.15, 0.2) is 0 Å². The van der Waals surface area contributed by atoms with Gasteiger partial charge in [0, 0.05) is 24.3 Å². The van der Waals surface area contributed by atoms with E-state index in [2.05, 4.69) is 11.8 Å². The molecule has 1 N–H and O–H groups in total. The summed E-state index contributed by atoms with van der Waals surface area (Å²) in [5, 5.41) is 8.68. The molecule has 2 unspecified atom stereocenters. The van der Waals surface area contributed by atoms with Crippen LogP contribution in [0.3, 0.4) is 0 Å². The summed E-state index contributed by atoms with van der Waals surface area (Å²) in [6.45, 7) is 3.70. The van der Waals surface area contributed by atoms with E-state index in [4.69, 9.17) is 5.11 Å². The van der Waals surface area contributed by atoms with Crippen LogP contribution in [0.4, 0.5) is 0 Å². The molecule has 0 radical (unpaired) electrons. The number of carbonyl (C=O) groups is 2. The van der Waals surface area contributed by atoms with Crippen LogP contribution in [0.2, 0.25) is 0 Å². The average molecular weight is 285 g/mol. The molecular weight excluding hydrogens is 266 g/mol. The Morgan fingerprint density at radius 2 is 2.00 bits per heavy atom. The molecule has 1 aromatic rings. The van der Waals surface area contributed by atoms with Crippen molar-refractivity contribution in [3.05, 3.63) is 35.4 Å². The molecule has 1 saturated heterocycles. The topological polar surface area (TPSA) is 57.6 Å². The van der Waals surface area contributed by atoms with Gasteiger partial charge in [0.05, 0.1) is 12.6 Å². The molecule has 21 heavy (non-hydrogen) atoms. The molecule has 4 nitrogen and oxygen atoms in total. The molecule has 0 aromatic heterocycles. The van der Waals surface area contributed by atoms with Gasteiger partial charge in [-0.2, -0.15) is 0 Å². The normalized spacial score (nSPS) is 19.4. The Labute approximate surface area is 124 Å². The fraction of sp³-hybridized carbons (Fsp3) is 0.412. The molecule has 0 aliphatic carbocycles. The average Bonchev–Trinajstić information content (AvgIpc) is 2.72. The second-order valence-corrected chi connectivity index (χ2v) is 5.28. The summed E-state index contributed by atoms with van der Waals surface area (Å²) >= 11 is 0. The van der Waals surface area contributed by atoms with Crippen molar-refractivity contribution < 1.29 is 14.7 Å². The second kappa shape index (κ2) is 6.55. The van der Waals surface area contributed by atoms with Crippen LogP contribution in [0, 0.1) is 17.8 Å². The van der Waals surface area contributed by atoms with Crippen LogP contribution in [0.25, 0.3) is 0 Å². The number of hydrogen-bond acceptors (Lipinski definition) is 3. The SMILES string of the molecule is CC1CC(=O)N(C(C)c2ccc(C#CCCO)cc2)C1=O. The monoisotopic (exact) mass is 285 g/mol. The predicted octanol–water partition coefficient (Wildman–Crippen LogP) is 1.88. The number of benzene rings is 1. The molecule has 4 heteroatoms. The Hall–Kier alpha value is -2.12. The standard InChI is InChI=1S/C17H19NO3/c1-12-11-16(20)18(17(12)21)13(2)15-8-6-14(7-9-15)5-3-4-10-19/h6-9,12-13,19H,4,10-11H2,1-2H3. The van der Waals surface area contributed by atoms with E-state index < -0.39 is 0 Å². The highest BCUT2D eigenvalue weighted by Crippen LogP contribution is 2.29. The van der Waals surface area contributed by atoms with Crippen molar-refractivity contribution in [3.63, 3.8) is 0 Å². The number of likely N-dealkylation sites (tertiary alicyclic amines) is 1. The molecule has 110 valence electrons. The maximum absolute atomic E-state index is 12.0. The number of carbonyl (C=O) groups excluding carboxylic acids is 2. The number of nitrogens with zero attached hydrogens (tertiary/aromatic N) is 1. The fourth-order valence-corrected chi connectivity index (χ4v) is 2.43. The third-order valence-corrected chi connectivity index (χ3v) is 3.66. The molecular formula is C17H19NO3. The third kappa shape index (κ3) is 3.32. The Kier molecular flexibility index (Phi) is 4.77. The Morgan fingerprint density at radius 3 is 2.52 bits per heavy atom. The minimum absolute atomic E-state index is 0.0550. The maximum Gasteiger partial charge on any atom is 0.233 e. The summed E-state index contributed by atoms with van der Waals surface area (Å²) in [5.41, 5.74) is 1.77. The first-order valence-electron chi connectivity index (χ1n) is 7.10. The highest BCUT2D eigenvalue weighted by molar-refractivity contribution is 6.03.